The molecule has 19 heavy (non-hydrogen) atoms. The maximum absolute atomic E-state index is 3.98. The van der Waals surface area contributed by atoms with Crippen LogP contribution >= 0.6 is 0 Å². The van der Waals surface area contributed by atoms with Gasteiger partial charge in [-0.1, -0.05) is 73.3 Å². The highest BCUT2D eigenvalue weighted by atomic mass is 15.1. The quantitative estimate of drug-likeness (QED) is 0.576. The number of rotatable bonds is 4. The molecule has 0 radical (unpaired) electrons. The van der Waals surface area contributed by atoms with Gasteiger partial charge in [0.1, 0.15) is 0 Å². The first-order chi connectivity index (χ1) is 9.24. The van der Waals surface area contributed by atoms with Gasteiger partial charge in [0.05, 0.1) is 5.70 Å². The summed E-state index contributed by atoms with van der Waals surface area (Å²) in [5.74, 6) is 0. The van der Waals surface area contributed by atoms with Crippen LogP contribution in [0.4, 0.5) is 0 Å². The molecule has 0 atom stereocenters. The molecular formula is C18H19N. The third kappa shape index (κ3) is 2.94. The maximum Gasteiger partial charge on any atom is 0.0514 e. The zero-order chi connectivity index (χ0) is 13.7. The van der Waals surface area contributed by atoms with E-state index >= 15 is 0 Å². The molecule has 1 heteroatoms. The van der Waals surface area contributed by atoms with Crippen molar-refractivity contribution in [3.8, 4) is 0 Å². The average molecular weight is 249 g/mol. The molecule has 0 aliphatic carbocycles. The van der Waals surface area contributed by atoms with E-state index in [4.69, 9.17) is 0 Å². The van der Waals surface area contributed by atoms with E-state index in [2.05, 4.69) is 74.1 Å². The molecule has 0 N–H and O–H groups in total. The predicted octanol–water partition coefficient (Wildman–Crippen LogP) is 4.30. The van der Waals surface area contributed by atoms with Crippen molar-refractivity contribution >= 4 is 11.3 Å². The Balaban J connectivity index is 2.64. The Morgan fingerprint density at radius 2 is 1.32 bits per heavy atom. The molecule has 0 aromatic heterocycles. The number of hydrogen-bond donors (Lipinski definition) is 0. The Hall–Kier alpha value is -2.28. The second-order valence-electron chi connectivity index (χ2n) is 4.59. The summed E-state index contributed by atoms with van der Waals surface area (Å²) in [6.07, 6.45) is 1.93. The molecule has 0 unspecified atom stereocenters. The first-order valence-corrected chi connectivity index (χ1v) is 6.39. The highest BCUT2D eigenvalue weighted by molar-refractivity contribution is 5.94. The minimum atomic E-state index is 1.15. The van der Waals surface area contributed by atoms with Crippen LogP contribution in [0.2, 0.25) is 0 Å². The zero-order valence-corrected chi connectivity index (χ0v) is 11.5. The van der Waals surface area contributed by atoms with Crippen molar-refractivity contribution in [1.29, 1.82) is 0 Å². The Bertz CT molecular complexity index is 565. The minimum absolute atomic E-state index is 1.15. The Labute approximate surface area is 115 Å². The van der Waals surface area contributed by atoms with Gasteiger partial charge in [-0.05, 0) is 11.1 Å². The van der Waals surface area contributed by atoms with Gasteiger partial charge >= 0.3 is 0 Å². The van der Waals surface area contributed by atoms with Crippen molar-refractivity contribution in [2.75, 3.05) is 14.1 Å². The molecular weight excluding hydrogens is 230 g/mol. The Kier molecular flexibility index (Phi) is 4.19. The minimum Gasteiger partial charge on any atom is -0.377 e. The SMILES string of the molecule is C=C/C(=C(\c1ccccc1)N(C)C)c1ccccc1. The van der Waals surface area contributed by atoms with E-state index in [-0.39, 0.29) is 0 Å². The standard InChI is InChI=1S/C18H19N/c1-4-17(15-11-7-5-8-12-15)18(19(2)3)16-13-9-6-10-14-16/h4-14H,1H2,2-3H3/b18-17-. The average Bonchev–Trinajstić information content (AvgIpc) is 2.46. The molecule has 0 saturated heterocycles. The van der Waals surface area contributed by atoms with Crippen molar-refractivity contribution in [2.45, 2.75) is 0 Å². The lowest BCUT2D eigenvalue weighted by molar-refractivity contribution is 0.593. The Morgan fingerprint density at radius 3 is 1.74 bits per heavy atom. The summed E-state index contributed by atoms with van der Waals surface area (Å²) in [7, 11) is 4.13. The zero-order valence-electron chi connectivity index (χ0n) is 11.5. The lowest BCUT2D eigenvalue weighted by atomic mass is 9.99. The molecule has 2 aromatic rings. The second kappa shape index (κ2) is 6.05. The molecule has 0 heterocycles. The summed E-state index contributed by atoms with van der Waals surface area (Å²) in [6, 6.07) is 20.8. The van der Waals surface area contributed by atoms with Crippen molar-refractivity contribution in [1.82, 2.24) is 4.90 Å². The fourth-order valence-electron chi connectivity index (χ4n) is 2.22. The Morgan fingerprint density at radius 1 is 0.842 bits per heavy atom. The van der Waals surface area contributed by atoms with Crippen LogP contribution in [0.15, 0.2) is 73.3 Å². The second-order valence-corrected chi connectivity index (χ2v) is 4.59. The van der Waals surface area contributed by atoms with Crippen LogP contribution in [0.3, 0.4) is 0 Å². The van der Waals surface area contributed by atoms with Crippen LogP contribution in [0, 0.1) is 0 Å². The van der Waals surface area contributed by atoms with E-state index in [1.54, 1.807) is 0 Å². The molecule has 0 bridgehead atoms. The highest BCUT2D eigenvalue weighted by Gasteiger charge is 2.10. The molecule has 0 spiro atoms. The van der Waals surface area contributed by atoms with Gasteiger partial charge in [0.25, 0.3) is 0 Å². The fourth-order valence-corrected chi connectivity index (χ4v) is 2.22. The summed E-state index contributed by atoms with van der Waals surface area (Å²) in [4.78, 5) is 2.14. The number of allylic oxidation sites excluding steroid dienone is 2. The van der Waals surface area contributed by atoms with Crippen LogP contribution in [0.25, 0.3) is 11.3 Å². The van der Waals surface area contributed by atoms with E-state index in [1.165, 1.54) is 16.8 Å². The third-order valence-electron chi connectivity index (χ3n) is 3.04. The predicted molar refractivity (Wildman–Crippen MR) is 83.6 cm³/mol. The first kappa shape index (κ1) is 13.2. The number of hydrogen-bond acceptors (Lipinski definition) is 1. The van der Waals surface area contributed by atoms with E-state index in [9.17, 15) is 0 Å². The number of benzene rings is 2. The van der Waals surface area contributed by atoms with Gasteiger partial charge in [0, 0.05) is 19.7 Å². The van der Waals surface area contributed by atoms with Gasteiger partial charge in [-0.2, -0.15) is 0 Å². The molecule has 2 aromatic carbocycles. The molecule has 0 aliphatic rings. The summed E-state index contributed by atoms with van der Waals surface area (Å²) in [5.41, 5.74) is 4.72. The number of nitrogens with zero attached hydrogens (tertiary/aromatic N) is 1. The fraction of sp³-hybridized carbons (Fsp3) is 0.111. The maximum atomic E-state index is 3.98. The van der Waals surface area contributed by atoms with Crippen molar-refractivity contribution in [3.63, 3.8) is 0 Å². The van der Waals surface area contributed by atoms with E-state index in [0.717, 1.165) is 5.57 Å². The lowest BCUT2D eigenvalue weighted by Gasteiger charge is -2.21. The monoisotopic (exact) mass is 249 g/mol. The van der Waals surface area contributed by atoms with Crippen LogP contribution in [0.5, 0.6) is 0 Å². The van der Waals surface area contributed by atoms with Gasteiger partial charge in [0.2, 0.25) is 0 Å². The van der Waals surface area contributed by atoms with Crippen LogP contribution in [-0.2, 0) is 0 Å². The molecule has 96 valence electrons. The summed E-state index contributed by atoms with van der Waals surface area (Å²) >= 11 is 0. The van der Waals surface area contributed by atoms with E-state index in [0.29, 0.717) is 0 Å². The van der Waals surface area contributed by atoms with Crippen LogP contribution in [-0.4, -0.2) is 19.0 Å². The molecule has 0 saturated carbocycles. The normalized spacial score (nSPS) is 11.7. The summed E-state index contributed by atoms with van der Waals surface area (Å²) < 4.78 is 0. The molecule has 0 aliphatic heterocycles. The largest absolute Gasteiger partial charge is 0.377 e. The smallest absolute Gasteiger partial charge is 0.0514 e. The lowest BCUT2D eigenvalue weighted by Crippen LogP contribution is -2.11. The van der Waals surface area contributed by atoms with Gasteiger partial charge in [0.15, 0.2) is 0 Å². The van der Waals surface area contributed by atoms with Crippen molar-refractivity contribution in [2.24, 2.45) is 0 Å². The van der Waals surface area contributed by atoms with E-state index in [1.807, 2.05) is 18.2 Å². The van der Waals surface area contributed by atoms with Crippen LogP contribution in [0.1, 0.15) is 11.1 Å². The highest BCUT2D eigenvalue weighted by Crippen LogP contribution is 2.28. The summed E-state index contributed by atoms with van der Waals surface area (Å²) in [6.45, 7) is 3.98. The van der Waals surface area contributed by atoms with E-state index < -0.39 is 0 Å². The first-order valence-electron chi connectivity index (χ1n) is 6.39. The third-order valence-corrected chi connectivity index (χ3v) is 3.04. The van der Waals surface area contributed by atoms with Crippen molar-refractivity contribution in [3.05, 3.63) is 84.4 Å². The summed E-state index contributed by atoms with van der Waals surface area (Å²) in [5, 5.41) is 0. The molecule has 1 nitrogen and oxygen atoms in total. The topological polar surface area (TPSA) is 3.24 Å². The molecule has 0 fully saturated rings. The van der Waals surface area contributed by atoms with Gasteiger partial charge in [-0.15, -0.1) is 0 Å². The van der Waals surface area contributed by atoms with Crippen LogP contribution < -0.4 is 0 Å². The van der Waals surface area contributed by atoms with Gasteiger partial charge < -0.3 is 4.90 Å². The van der Waals surface area contributed by atoms with Gasteiger partial charge in [-0.3, -0.25) is 0 Å². The molecule has 2 rings (SSSR count). The van der Waals surface area contributed by atoms with Gasteiger partial charge in [-0.25, -0.2) is 0 Å². The molecule has 0 amide bonds. The van der Waals surface area contributed by atoms with Crippen molar-refractivity contribution < 1.29 is 0 Å².